The summed E-state index contributed by atoms with van der Waals surface area (Å²) in [5.74, 6) is 10.4. The largest absolute Gasteiger partial charge is 0.0999 e. The van der Waals surface area contributed by atoms with Crippen LogP contribution >= 0.6 is 0 Å². The van der Waals surface area contributed by atoms with Gasteiger partial charge in [0.05, 0.1) is 0 Å². The summed E-state index contributed by atoms with van der Waals surface area (Å²) >= 11 is 0. The van der Waals surface area contributed by atoms with Crippen LogP contribution in [0.3, 0.4) is 0 Å². The van der Waals surface area contributed by atoms with Gasteiger partial charge in [0, 0.05) is 11.8 Å². The summed E-state index contributed by atoms with van der Waals surface area (Å²) in [6.07, 6.45) is 2.64. The smallest absolute Gasteiger partial charge is 0.0203 e. The molecule has 4 unspecified atom stereocenters. The van der Waals surface area contributed by atoms with Crippen LogP contribution in [0.4, 0.5) is 0 Å². The highest BCUT2D eigenvalue weighted by atomic mass is 14.3. The van der Waals surface area contributed by atoms with Gasteiger partial charge in [-0.05, 0) is 30.6 Å². The molecule has 0 amide bonds. The average Bonchev–Trinajstić information content (AvgIpc) is 2.12. The Bertz CT molecular complexity index is 228. The van der Waals surface area contributed by atoms with Gasteiger partial charge in [-0.1, -0.05) is 46.5 Å². The maximum atomic E-state index is 3.42. The van der Waals surface area contributed by atoms with Crippen molar-refractivity contribution in [2.45, 2.75) is 47.5 Å². The van der Waals surface area contributed by atoms with Crippen molar-refractivity contribution in [1.82, 2.24) is 0 Å². The van der Waals surface area contributed by atoms with E-state index in [0.29, 0.717) is 11.8 Å². The minimum atomic E-state index is 0.574. The van der Waals surface area contributed by atoms with E-state index < -0.39 is 0 Å². The fourth-order valence-corrected chi connectivity index (χ4v) is 2.49. The molecule has 0 aliphatic heterocycles. The highest BCUT2D eigenvalue weighted by Crippen LogP contribution is 2.33. The quantitative estimate of drug-likeness (QED) is 0.552. The molecule has 0 fully saturated rings. The highest BCUT2D eigenvalue weighted by molar-refractivity contribution is 5.08. The van der Waals surface area contributed by atoms with E-state index in [1.165, 1.54) is 12.8 Å². The third-order valence-corrected chi connectivity index (χ3v) is 3.81. The number of hydrogen-bond donors (Lipinski definition) is 0. The van der Waals surface area contributed by atoms with E-state index in [-0.39, 0.29) is 0 Å². The van der Waals surface area contributed by atoms with E-state index in [1.807, 2.05) is 0 Å². The second kappa shape index (κ2) is 4.87. The van der Waals surface area contributed by atoms with Gasteiger partial charge in [-0.2, -0.15) is 0 Å². The van der Waals surface area contributed by atoms with E-state index in [0.717, 1.165) is 17.8 Å². The standard InChI is InChI=1S/C14H24/c1-10(2)14-9-7-11(3)6-8-12(4)13(14)5/h10-14H,7,9H2,1-5H3. The molecule has 0 saturated carbocycles. The van der Waals surface area contributed by atoms with Crippen LogP contribution in [0, 0.1) is 41.4 Å². The van der Waals surface area contributed by atoms with Gasteiger partial charge in [-0.25, -0.2) is 0 Å². The SMILES string of the molecule is CC1C#CC(C)C(C)C(C(C)C)CC1. The zero-order chi connectivity index (χ0) is 10.7. The van der Waals surface area contributed by atoms with Crippen LogP contribution < -0.4 is 0 Å². The number of hydrogen-bond acceptors (Lipinski definition) is 0. The molecule has 0 N–H and O–H groups in total. The van der Waals surface area contributed by atoms with Gasteiger partial charge in [0.2, 0.25) is 0 Å². The maximum absolute atomic E-state index is 3.42. The lowest BCUT2D eigenvalue weighted by molar-refractivity contribution is 0.207. The first-order valence-electron chi connectivity index (χ1n) is 6.03. The molecule has 0 radical (unpaired) electrons. The number of rotatable bonds is 1. The molecular weight excluding hydrogens is 168 g/mol. The van der Waals surface area contributed by atoms with Gasteiger partial charge in [0.15, 0.2) is 0 Å². The Morgan fingerprint density at radius 1 is 1.00 bits per heavy atom. The van der Waals surface area contributed by atoms with Crippen LogP contribution in [0.25, 0.3) is 0 Å². The Balaban J connectivity index is 2.78. The molecule has 1 rings (SSSR count). The van der Waals surface area contributed by atoms with Gasteiger partial charge in [-0.15, -0.1) is 0 Å². The van der Waals surface area contributed by atoms with Crippen molar-refractivity contribution in [3.63, 3.8) is 0 Å². The van der Waals surface area contributed by atoms with Gasteiger partial charge < -0.3 is 0 Å². The molecule has 0 saturated heterocycles. The second-order valence-corrected chi connectivity index (χ2v) is 5.32. The van der Waals surface area contributed by atoms with Crippen LogP contribution in [-0.4, -0.2) is 0 Å². The van der Waals surface area contributed by atoms with E-state index >= 15 is 0 Å². The van der Waals surface area contributed by atoms with Crippen molar-refractivity contribution in [1.29, 1.82) is 0 Å². The third kappa shape index (κ3) is 2.77. The average molecular weight is 192 g/mol. The fourth-order valence-electron chi connectivity index (χ4n) is 2.49. The van der Waals surface area contributed by atoms with E-state index in [2.05, 4.69) is 46.5 Å². The van der Waals surface area contributed by atoms with Crippen LogP contribution in [0.2, 0.25) is 0 Å². The van der Waals surface area contributed by atoms with Crippen molar-refractivity contribution >= 4 is 0 Å². The summed E-state index contributed by atoms with van der Waals surface area (Å²) in [4.78, 5) is 0. The summed E-state index contributed by atoms with van der Waals surface area (Å²) in [6, 6.07) is 0. The molecule has 0 aromatic carbocycles. The normalized spacial score (nSPS) is 38.4. The van der Waals surface area contributed by atoms with Crippen molar-refractivity contribution < 1.29 is 0 Å². The van der Waals surface area contributed by atoms with E-state index in [4.69, 9.17) is 0 Å². The van der Waals surface area contributed by atoms with Crippen LogP contribution in [-0.2, 0) is 0 Å². The Morgan fingerprint density at radius 3 is 2.21 bits per heavy atom. The molecule has 0 bridgehead atoms. The molecule has 1 aliphatic rings. The summed E-state index contributed by atoms with van der Waals surface area (Å²) in [5.41, 5.74) is 0. The lowest BCUT2D eigenvalue weighted by Gasteiger charge is -2.31. The van der Waals surface area contributed by atoms with Crippen molar-refractivity contribution in [3.05, 3.63) is 0 Å². The first-order chi connectivity index (χ1) is 6.52. The van der Waals surface area contributed by atoms with Crippen molar-refractivity contribution in [2.24, 2.45) is 29.6 Å². The van der Waals surface area contributed by atoms with E-state index in [9.17, 15) is 0 Å². The molecule has 14 heavy (non-hydrogen) atoms. The van der Waals surface area contributed by atoms with Gasteiger partial charge in [-0.3, -0.25) is 0 Å². The lowest BCUT2D eigenvalue weighted by atomic mass is 9.73. The monoisotopic (exact) mass is 192 g/mol. The summed E-state index contributed by atoms with van der Waals surface area (Å²) in [7, 11) is 0. The first-order valence-corrected chi connectivity index (χ1v) is 6.03. The minimum absolute atomic E-state index is 0.574. The minimum Gasteiger partial charge on any atom is -0.0999 e. The molecule has 0 heteroatoms. The summed E-state index contributed by atoms with van der Waals surface area (Å²) in [5, 5.41) is 0. The molecule has 0 spiro atoms. The van der Waals surface area contributed by atoms with Crippen LogP contribution in [0.5, 0.6) is 0 Å². The predicted molar refractivity (Wildman–Crippen MR) is 62.8 cm³/mol. The van der Waals surface area contributed by atoms with Crippen molar-refractivity contribution in [2.75, 3.05) is 0 Å². The van der Waals surface area contributed by atoms with Crippen LogP contribution in [0.1, 0.15) is 47.5 Å². The molecule has 0 aromatic rings. The third-order valence-electron chi connectivity index (χ3n) is 3.81. The zero-order valence-electron chi connectivity index (χ0n) is 10.3. The molecule has 80 valence electrons. The zero-order valence-corrected chi connectivity index (χ0v) is 10.3. The molecule has 1 aliphatic carbocycles. The van der Waals surface area contributed by atoms with Gasteiger partial charge in [0.1, 0.15) is 0 Å². The highest BCUT2D eigenvalue weighted by Gasteiger charge is 2.25. The molecule has 4 atom stereocenters. The maximum Gasteiger partial charge on any atom is 0.0203 e. The molecular formula is C14H24. The molecule has 0 nitrogen and oxygen atoms in total. The van der Waals surface area contributed by atoms with Crippen molar-refractivity contribution in [3.8, 4) is 11.8 Å². The molecule has 0 aromatic heterocycles. The fraction of sp³-hybridized carbons (Fsp3) is 0.857. The lowest BCUT2D eigenvalue weighted by Crippen LogP contribution is -2.24. The Morgan fingerprint density at radius 2 is 1.64 bits per heavy atom. The van der Waals surface area contributed by atoms with Gasteiger partial charge in [0.25, 0.3) is 0 Å². The topological polar surface area (TPSA) is 0 Å². The predicted octanol–water partition coefficient (Wildman–Crippen LogP) is 3.96. The molecule has 0 heterocycles. The Kier molecular flexibility index (Phi) is 4.05. The Labute approximate surface area is 89.5 Å². The van der Waals surface area contributed by atoms with Crippen LogP contribution in [0.15, 0.2) is 0 Å². The van der Waals surface area contributed by atoms with Gasteiger partial charge >= 0.3 is 0 Å². The Hall–Kier alpha value is -0.440. The first kappa shape index (κ1) is 11.6. The summed E-state index contributed by atoms with van der Waals surface area (Å²) in [6.45, 7) is 11.6. The van der Waals surface area contributed by atoms with E-state index in [1.54, 1.807) is 0 Å². The second-order valence-electron chi connectivity index (χ2n) is 5.32. The summed E-state index contributed by atoms with van der Waals surface area (Å²) < 4.78 is 0.